The third-order valence-electron chi connectivity index (χ3n) is 2.25. The van der Waals surface area contributed by atoms with Gasteiger partial charge in [0, 0.05) is 12.4 Å². The summed E-state index contributed by atoms with van der Waals surface area (Å²) in [5.74, 6) is -0.320. The van der Waals surface area contributed by atoms with Crippen LogP contribution in [-0.2, 0) is 6.42 Å². The fraction of sp³-hybridized carbons (Fsp3) is 0.0769. The van der Waals surface area contributed by atoms with Crippen molar-refractivity contribution in [3.05, 3.63) is 54.1 Å². The quantitative estimate of drug-likeness (QED) is 0.767. The highest BCUT2D eigenvalue weighted by atomic mass is 19.1. The zero-order valence-corrected chi connectivity index (χ0v) is 8.52. The summed E-state index contributed by atoms with van der Waals surface area (Å²) in [7, 11) is 0. The Morgan fingerprint density at radius 3 is 2.56 bits per heavy atom. The first-order valence-corrected chi connectivity index (χ1v) is 4.86. The van der Waals surface area contributed by atoms with E-state index < -0.39 is 0 Å². The number of rotatable bonds is 2. The molecule has 0 aliphatic carbocycles. The molecule has 0 saturated heterocycles. The lowest BCUT2D eigenvalue weighted by Crippen LogP contribution is -1.87. The molecule has 0 N–H and O–H groups in total. The highest BCUT2D eigenvalue weighted by molar-refractivity contribution is 5.63. The number of hydrogen-bond donors (Lipinski definition) is 0. The van der Waals surface area contributed by atoms with Crippen LogP contribution < -0.4 is 0 Å². The van der Waals surface area contributed by atoms with Gasteiger partial charge in [-0.3, -0.25) is 4.98 Å². The molecule has 0 radical (unpaired) electrons. The maximum atomic E-state index is 13.3. The normalized spacial score (nSPS) is 9.75. The molecule has 0 spiro atoms. The van der Waals surface area contributed by atoms with Crippen molar-refractivity contribution in [2.24, 2.45) is 0 Å². The summed E-state index contributed by atoms with van der Waals surface area (Å²) < 4.78 is 13.3. The van der Waals surface area contributed by atoms with E-state index in [0.717, 1.165) is 11.1 Å². The SMILES string of the molecule is N#CCc1cc(F)cc(-c2ccncc2)c1. The Balaban J connectivity index is 2.46. The van der Waals surface area contributed by atoms with Crippen molar-refractivity contribution in [3.63, 3.8) is 0 Å². The minimum absolute atomic E-state index is 0.218. The van der Waals surface area contributed by atoms with Gasteiger partial charge < -0.3 is 0 Å². The molecule has 0 aliphatic rings. The molecule has 78 valence electrons. The number of halogens is 1. The summed E-state index contributed by atoms with van der Waals surface area (Å²) in [5.41, 5.74) is 2.36. The predicted molar refractivity (Wildman–Crippen MR) is 58.9 cm³/mol. The maximum absolute atomic E-state index is 13.3. The molecule has 1 heterocycles. The summed E-state index contributed by atoms with van der Waals surface area (Å²) in [6.07, 6.45) is 3.53. The van der Waals surface area contributed by atoms with E-state index in [1.807, 2.05) is 24.3 Å². The van der Waals surface area contributed by atoms with E-state index in [0.29, 0.717) is 5.56 Å². The lowest BCUT2D eigenvalue weighted by atomic mass is 10.0. The molecule has 0 unspecified atom stereocenters. The zero-order chi connectivity index (χ0) is 11.4. The van der Waals surface area contributed by atoms with Crippen LogP contribution in [0, 0.1) is 17.1 Å². The highest BCUT2D eigenvalue weighted by Gasteiger charge is 2.02. The molecule has 0 bridgehead atoms. The van der Waals surface area contributed by atoms with E-state index in [1.165, 1.54) is 12.1 Å². The van der Waals surface area contributed by atoms with E-state index in [-0.39, 0.29) is 12.2 Å². The summed E-state index contributed by atoms with van der Waals surface area (Å²) in [6.45, 7) is 0. The maximum Gasteiger partial charge on any atom is 0.124 e. The van der Waals surface area contributed by atoms with Crippen LogP contribution in [0.25, 0.3) is 11.1 Å². The van der Waals surface area contributed by atoms with Crippen molar-refractivity contribution in [1.82, 2.24) is 4.98 Å². The van der Waals surface area contributed by atoms with Gasteiger partial charge in [-0.05, 0) is 47.0 Å². The number of aromatic nitrogens is 1. The van der Waals surface area contributed by atoms with Crippen LogP contribution in [0.3, 0.4) is 0 Å². The van der Waals surface area contributed by atoms with Gasteiger partial charge in [0.05, 0.1) is 12.5 Å². The number of pyridine rings is 1. The first-order valence-electron chi connectivity index (χ1n) is 4.86. The van der Waals surface area contributed by atoms with Gasteiger partial charge in [-0.2, -0.15) is 5.26 Å². The molecule has 16 heavy (non-hydrogen) atoms. The molecule has 0 fully saturated rings. The van der Waals surface area contributed by atoms with Gasteiger partial charge in [0.15, 0.2) is 0 Å². The van der Waals surface area contributed by atoms with Gasteiger partial charge in [0.1, 0.15) is 5.82 Å². The second-order valence-electron chi connectivity index (χ2n) is 3.42. The lowest BCUT2D eigenvalue weighted by molar-refractivity contribution is 0.626. The fourth-order valence-corrected chi connectivity index (χ4v) is 1.55. The van der Waals surface area contributed by atoms with Gasteiger partial charge in [-0.15, -0.1) is 0 Å². The molecule has 0 atom stereocenters. The first-order chi connectivity index (χ1) is 7.79. The van der Waals surface area contributed by atoms with Crippen molar-refractivity contribution >= 4 is 0 Å². The van der Waals surface area contributed by atoms with Crippen LogP contribution >= 0.6 is 0 Å². The second kappa shape index (κ2) is 4.54. The molecule has 0 saturated carbocycles. The van der Waals surface area contributed by atoms with Crippen molar-refractivity contribution < 1.29 is 4.39 Å². The standard InChI is InChI=1S/C13H9FN2/c14-13-8-10(1-4-15)7-12(9-13)11-2-5-16-6-3-11/h2-3,5-9H,1H2. The summed E-state index contributed by atoms with van der Waals surface area (Å²) in [4.78, 5) is 3.91. The Kier molecular flexibility index (Phi) is 2.93. The average molecular weight is 212 g/mol. The Hall–Kier alpha value is -2.21. The minimum atomic E-state index is -0.320. The van der Waals surface area contributed by atoms with Gasteiger partial charge in [-0.25, -0.2) is 4.39 Å². The van der Waals surface area contributed by atoms with Crippen molar-refractivity contribution in [2.45, 2.75) is 6.42 Å². The number of benzene rings is 1. The topological polar surface area (TPSA) is 36.7 Å². The van der Waals surface area contributed by atoms with E-state index in [1.54, 1.807) is 12.4 Å². The van der Waals surface area contributed by atoms with Crippen LogP contribution in [0.15, 0.2) is 42.7 Å². The van der Waals surface area contributed by atoms with Crippen molar-refractivity contribution in [2.75, 3.05) is 0 Å². The van der Waals surface area contributed by atoms with E-state index in [4.69, 9.17) is 5.26 Å². The van der Waals surface area contributed by atoms with Crippen LogP contribution in [0.5, 0.6) is 0 Å². The molecule has 2 rings (SSSR count). The van der Waals surface area contributed by atoms with Crippen LogP contribution in [0.1, 0.15) is 5.56 Å². The Morgan fingerprint density at radius 2 is 1.88 bits per heavy atom. The molecule has 1 aromatic carbocycles. The van der Waals surface area contributed by atoms with Crippen LogP contribution in [0.4, 0.5) is 4.39 Å². The number of hydrogen-bond acceptors (Lipinski definition) is 2. The fourth-order valence-electron chi connectivity index (χ4n) is 1.55. The summed E-state index contributed by atoms with van der Waals surface area (Å²) in [6, 6.07) is 10.3. The van der Waals surface area contributed by atoms with Crippen molar-refractivity contribution in [3.8, 4) is 17.2 Å². The van der Waals surface area contributed by atoms with Gasteiger partial charge in [0.25, 0.3) is 0 Å². The smallest absolute Gasteiger partial charge is 0.124 e. The Bertz CT molecular complexity index is 529. The van der Waals surface area contributed by atoms with Crippen molar-refractivity contribution in [1.29, 1.82) is 5.26 Å². The van der Waals surface area contributed by atoms with E-state index in [9.17, 15) is 4.39 Å². The molecule has 2 aromatic rings. The predicted octanol–water partition coefficient (Wildman–Crippen LogP) is 2.95. The van der Waals surface area contributed by atoms with E-state index in [2.05, 4.69) is 4.98 Å². The molecule has 3 heteroatoms. The monoisotopic (exact) mass is 212 g/mol. The zero-order valence-electron chi connectivity index (χ0n) is 8.52. The van der Waals surface area contributed by atoms with Gasteiger partial charge in [-0.1, -0.05) is 0 Å². The Labute approximate surface area is 93.0 Å². The summed E-state index contributed by atoms with van der Waals surface area (Å²) in [5, 5.41) is 8.59. The highest BCUT2D eigenvalue weighted by Crippen LogP contribution is 2.21. The van der Waals surface area contributed by atoms with Crippen LogP contribution in [-0.4, -0.2) is 4.98 Å². The Morgan fingerprint density at radius 1 is 1.12 bits per heavy atom. The molecular weight excluding hydrogens is 203 g/mol. The van der Waals surface area contributed by atoms with Crippen LogP contribution in [0.2, 0.25) is 0 Å². The second-order valence-corrected chi connectivity index (χ2v) is 3.42. The number of nitrogens with zero attached hydrogens (tertiary/aromatic N) is 2. The summed E-state index contributed by atoms with van der Waals surface area (Å²) >= 11 is 0. The first kappa shape index (κ1) is 10.3. The molecule has 2 nitrogen and oxygen atoms in total. The molecule has 0 amide bonds. The largest absolute Gasteiger partial charge is 0.265 e. The molecular formula is C13H9FN2. The third kappa shape index (κ3) is 2.23. The van der Waals surface area contributed by atoms with Gasteiger partial charge >= 0.3 is 0 Å². The van der Waals surface area contributed by atoms with E-state index >= 15 is 0 Å². The third-order valence-corrected chi connectivity index (χ3v) is 2.25. The molecule has 0 aliphatic heterocycles. The average Bonchev–Trinajstić information content (AvgIpc) is 2.30. The minimum Gasteiger partial charge on any atom is -0.265 e. The lowest BCUT2D eigenvalue weighted by Gasteiger charge is -2.03. The van der Waals surface area contributed by atoms with Gasteiger partial charge in [0.2, 0.25) is 0 Å². The molecule has 1 aromatic heterocycles. The number of nitriles is 1.